The van der Waals surface area contributed by atoms with E-state index in [1.807, 2.05) is 60.7 Å². The first-order valence-corrected chi connectivity index (χ1v) is 12.5. The second kappa shape index (κ2) is 11.1. The summed E-state index contributed by atoms with van der Waals surface area (Å²) in [7, 11) is 0. The normalized spacial score (nSPS) is 20.6. The van der Waals surface area contributed by atoms with E-state index in [-0.39, 0.29) is 24.7 Å². The first kappa shape index (κ1) is 25.1. The smallest absolute Gasteiger partial charge is 0.244 e. The Hall–Kier alpha value is -2.53. The third-order valence-electron chi connectivity index (χ3n) is 5.37. The molecule has 0 fully saturated rings. The number of benzene rings is 2. The Morgan fingerprint density at radius 3 is 2.30 bits per heavy atom. The number of carbonyl (C=O) groups excluding carboxylic acids is 2. The Labute approximate surface area is 200 Å². The minimum Gasteiger partial charge on any atom is -0.760 e. The molecule has 0 bridgehead atoms. The summed E-state index contributed by atoms with van der Waals surface area (Å²) in [6.45, 7) is 5.27. The summed E-state index contributed by atoms with van der Waals surface area (Å²) in [6.07, 6.45) is 0.452. The van der Waals surface area contributed by atoms with Gasteiger partial charge in [-0.15, -0.1) is 5.10 Å². The van der Waals surface area contributed by atoms with Gasteiger partial charge in [-0.3, -0.25) is 13.8 Å². The fourth-order valence-electron chi connectivity index (χ4n) is 3.71. The lowest BCUT2D eigenvalue weighted by molar-refractivity contribution is -0.134. The molecule has 1 aliphatic rings. The Balaban J connectivity index is 1.93. The molecule has 1 aliphatic heterocycles. The van der Waals surface area contributed by atoms with E-state index in [1.54, 1.807) is 20.8 Å². The summed E-state index contributed by atoms with van der Waals surface area (Å²) in [5.74, 6) is -0.894. The quantitative estimate of drug-likeness (QED) is 0.555. The van der Waals surface area contributed by atoms with Crippen molar-refractivity contribution >= 4 is 40.0 Å². The second-order valence-electron chi connectivity index (χ2n) is 7.80. The molecule has 0 saturated heterocycles. The lowest BCUT2D eigenvalue weighted by atomic mass is 9.98. The maximum absolute atomic E-state index is 13.0. The molecule has 4 unspecified atom stereocenters. The van der Waals surface area contributed by atoms with Crippen molar-refractivity contribution < 1.29 is 18.4 Å². The number of rotatable bonds is 8. The van der Waals surface area contributed by atoms with Gasteiger partial charge in [-0.05, 0) is 25.0 Å². The predicted octanol–water partition coefficient (Wildman–Crippen LogP) is 3.18. The monoisotopic (exact) mass is 487 g/mol. The summed E-state index contributed by atoms with van der Waals surface area (Å²) < 4.78 is 24.9. The molecular formula is C23H27N4O4S2-. The average Bonchev–Trinajstić information content (AvgIpc) is 3.17. The van der Waals surface area contributed by atoms with Gasteiger partial charge >= 0.3 is 0 Å². The van der Waals surface area contributed by atoms with Gasteiger partial charge in [-0.25, -0.2) is 9.73 Å². The molecule has 8 nitrogen and oxygen atoms in total. The molecular weight excluding hydrogens is 460 g/mol. The summed E-state index contributed by atoms with van der Waals surface area (Å²) in [4.78, 5) is 24.9. The molecule has 2 N–H and O–H groups in total. The number of nitrogens with zero attached hydrogens (tertiary/aromatic N) is 2. The summed E-state index contributed by atoms with van der Waals surface area (Å²) in [5, 5.41) is 9.02. The molecule has 0 aromatic heterocycles. The van der Waals surface area contributed by atoms with Gasteiger partial charge in [0.15, 0.2) is 5.17 Å². The van der Waals surface area contributed by atoms with E-state index in [1.165, 1.54) is 16.8 Å². The Kier molecular flexibility index (Phi) is 8.41. The average molecular weight is 488 g/mol. The first-order valence-electron chi connectivity index (χ1n) is 10.6. The summed E-state index contributed by atoms with van der Waals surface area (Å²) in [6, 6.07) is 18.2. The Bertz CT molecular complexity index is 1040. The number of hydrazone groups is 1. The number of hydrogen-bond acceptors (Lipinski definition) is 6. The van der Waals surface area contributed by atoms with Crippen LogP contribution in [0.25, 0.3) is 0 Å². The van der Waals surface area contributed by atoms with E-state index in [0.717, 1.165) is 11.1 Å². The largest absolute Gasteiger partial charge is 0.760 e. The van der Waals surface area contributed by atoms with Crippen molar-refractivity contribution in [3.63, 3.8) is 0 Å². The maximum Gasteiger partial charge on any atom is 0.244 e. The third kappa shape index (κ3) is 5.89. The van der Waals surface area contributed by atoms with E-state index >= 15 is 0 Å². The fourth-order valence-corrected chi connectivity index (χ4v) is 5.53. The maximum atomic E-state index is 13.0. The van der Waals surface area contributed by atoms with Crippen LogP contribution in [0.1, 0.15) is 50.7 Å². The minimum absolute atomic E-state index is 0.204. The lowest BCUT2D eigenvalue weighted by Gasteiger charge is -2.37. The van der Waals surface area contributed by atoms with E-state index in [2.05, 4.69) is 15.1 Å². The zero-order valence-corrected chi connectivity index (χ0v) is 20.3. The molecule has 0 saturated carbocycles. The molecule has 0 radical (unpaired) electrons. The molecule has 2 aromatic carbocycles. The Morgan fingerprint density at radius 1 is 1.12 bits per heavy atom. The molecule has 4 atom stereocenters. The molecule has 33 heavy (non-hydrogen) atoms. The number of carbonyl (C=O) groups is 2. The molecule has 0 aliphatic carbocycles. The van der Waals surface area contributed by atoms with Crippen molar-refractivity contribution in [1.82, 2.24) is 15.0 Å². The second-order valence-corrected chi connectivity index (χ2v) is 9.77. The van der Waals surface area contributed by atoms with Crippen molar-refractivity contribution in [3.05, 3.63) is 71.8 Å². The summed E-state index contributed by atoms with van der Waals surface area (Å²) in [5.41, 5.74) is 1.65. The van der Waals surface area contributed by atoms with Crippen molar-refractivity contribution in [2.45, 2.75) is 50.4 Å². The van der Waals surface area contributed by atoms with Crippen molar-refractivity contribution in [1.29, 1.82) is 0 Å². The van der Waals surface area contributed by atoms with Crippen LogP contribution in [-0.2, 0) is 25.7 Å². The highest BCUT2D eigenvalue weighted by molar-refractivity contribution is 8.14. The van der Waals surface area contributed by atoms with Gasteiger partial charge < -0.3 is 9.87 Å². The van der Waals surface area contributed by atoms with Crippen molar-refractivity contribution in [3.8, 4) is 0 Å². The van der Waals surface area contributed by atoms with Gasteiger partial charge in [0.2, 0.25) is 11.8 Å². The van der Waals surface area contributed by atoms with Gasteiger partial charge in [0, 0.05) is 30.1 Å². The number of nitrogens with one attached hydrogen (secondary N) is 2. The topological polar surface area (TPSA) is 114 Å². The van der Waals surface area contributed by atoms with Gasteiger partial charge in [0.1, 0.15) is 4.87 Å². The van der Waals surface area contributed by atoms with Gasteiger partial charge in [-0.1, -0.05) is 79.3 Å². The number of hydrogen-bond donors (Lipinski definition) is 2. The zero-order chi connectivity index (χ0) is 24.0. The Morgan fingerprint density at radius 2 is 1.73 bits per heavy atom. The molecule has 1 heterocycles. The molecule has 10 heteroatoms. The van der Waals surface area contributed by atoms with E-state index in [4.69, 9.17) is 0 Å². The number of amidine groups is 1. The van der Waals surface area contributed by atoms with Gasteiger partial charge in [-0.2, -0.15) is 0 Å². The third-order valence-corrected chi connectivity index (χ3v) is 7.25. The van der Waals surface area contributed by atoms with Gasteiger partial charge in [0.05, 0.1) is 5.92 Å². The summed E-state index contributed by atoms with van der Waals surface area (Å²) >= 11 is -1.22. The van der Waals surface area contributed by atoms with Crippen LogP contribution in [0, 0.1) is 0 Å². The highest BCUT2D eigenvalue weighted by atomic mass is 32.2. The molecule has 2 amide bonds. The van der Waals surface area contributed by atoms with Crippen LogP contribution in [0.4, 0.5) is 0 Å². The highest BCUT2D eigenvalue weighted by Crippen LogP contribution is 2.49. The van der Waals surface area contributed by atoms with E-state index in [9.17, 15) is 18.4 Å². The number of thioether (sulfide) groups is 1. The van der Waals surface area contributed by atoms with Crippen LogP contribution in [0.2, 0.25) is 0 Å². The van der Waals surface area contributed by atoms with Crippen LogP contribution in [-0.4, -0.2) is 36.8 Å². The highest BCUT2D eigenvalue weighted by Gasteiger charge is 2.49. The molecule has 0 spiro atoms. The van der Waals surface area contributed by atoms with E-state index < -0.39 is 28.1 Å². The fraction of sp³-hybridized carbons (Fsp3) is 0.348. The molecule has 2 aromatic rings. The number of amides is 2. The van der Waals surface area contributed by atoms with Crippen LogP contribution in [0.5, 0.6) is 0 Å². The standard InChI is InChI=1S/C23H28N4O4S2/c1-4-20(28)27-23(15-16(2)26-33(30)31,19-13-9-6-10-14-19)32-22(25-27)24-21(29)17(3)18-11-7-5-8-12-18/h5-14,16-17,26H,4,15H2,1-3H3,(H,30,31)(H,24,25,29)/p-1. The molecule has 3 rings (SSSR count). The zero-order valence-electron chi connectivity index (χ0n) is 18.7. The SMILES string of the molecule is CCC(=O)N1N=C(NC(=O)C(C)c2ccccc2)SC1(CC(C)NS(=O)[O-])c1ccccc1. The van der Waals surface area contributed by atoms with Crippen LogP contribution in [0.3, 0.4) is 0 Å². The van der Waals surface area contributed by atoms with Gasteiger partial charge in [0.25, 0.3) is 0 Å². The minimum atomic E-state index is -2.46. The first-order chi connectivity index (χ1) is 15.8. The molecule has 176 valence electrons. The van der Waals surface area contributed by atoms with Crippen LogP contribution in [0.15, 0.2) is 65.8 Å². The van der Waals surface area contributed by atoms with Crippen LogP contribution >= 0.6 is 11.8 Å². The lowest BCUT2D eigenvalue weighted by Crippen LogP contribution is -2.45. The van der Waals surface area contributed by atoms with Crippen molar-refractivity contribution in [2.75, 3.05) is 0 Å². The van der Waals surface area contributed by atoms with Crippen molar-refractivity contribution in [2.24, 2.45) is 5.10 Å². The predicted molar refractivity (Wildman–Crippen MR) is 129 cm³/mol. The van der Waals surface area contributed by atoms with Crippen LogP contribution < -0.4 is 10.0 Å². The van der Waals surface area contributed by atoms with E-state index in [0.29, 0.717) is 5.17 Å².